The summed E-state index contributed by atoms with van der Waals surface area (Å²) in [6, 6.07) is 8.41. The van der Waals surface area contributed by atoms with Crippen LogP contribution in [0.25, 0.3) is 0 Å². The smallest absolute Gasteiger partial charge is 0.233 e. The van der Waals surface area contributed by atoms with Gasteiger partial charge in [0.1, 0.15) is 18.3 Å². The maximum Gasteiger partial charge on any atom is 0.233 e. The number of benzene rings is 1. The summed E-state index contributed by atoms with van der Waals surface area (Å²) in [6.45, 7) is 8.02. The fourth-order valence-electron chi connectivity index (χ4n) is 4.35. The molecule has 0 saturated carbocycles. The van der Waals surface area contributed by atoms with Gasteiger partial charge in [-0.25, -0.2) is 0 Å². The third kappa shape index (κ3) is 2.80. The van der Waals surface area contributed by atoms with Gasteiger partial charge in [-0.1, -0.05) is 31.5 Å². The first kappa shape index (κ1) is 15.9. The predicted molar refractivity (Wildman–Crippen MR) is 91.2 cm³/mol. The van der Waals surface area contributed by atoms with E-state index in [9.17, 15) is 4.79 Å². The molecule has 24 heavy (non-hydrogen) atoms. The Bertz CT molecular complexity index is 600. The van der Waals surface area contributed by atoms with Gasteiger partial charge in [0.25, 0.3) is 0 Å². The molecule has 0 spiro atoms. The number of carbonyl (C=O) groups excluding carboxylic acids is 1. The monoisotopic (exact) mass is 330 g/mol. The molecule has 3 atom stereocenters. The van der Waals surface area contributed by atoms with E-state index in [2.05, 4.69) is 16.7 Å². The molecule has 3 heterocycles. The molecule has 1 aromatic rings. The van der Waals surface area contributed by atoms with Gasteiger partial charge < -0.3 is 14.4 Å². The van der Waals surface area contributed by atoms with Gasteiger partial charge in [-0.2, -0.15) is 0 Å². The molecule has 4 rings (SSSR count). The summed E-state index contributed by atoms with van der Waals surface area (Å²) in [5.41, 5.74) is 1.05. The van der Waals surface area contributed by atoms with Gasteiger partial charge >= 0.3 is 0 Å². The lowest BCUT2D eigenvalue weighted by Crippen LogP contribution is -2.47. The second-order valence-corrected chi connectivity index (χ2v) is 7.03. The number of hydrogen-bond donors (Lipinski definition) is 0. The van der Waals surface area contributed by atoms with E-state index in [0.717, 1.165) is 57.1 Å². The first-order valence-electron chi connectivity index (χ1n) is 9.10. The Labute approximate surface area is 143 Å². The van der Waals surface area contributed by atoms with Crippen molar-refractivity contribution in [3.05, 3.63) is 29.8 Å². The minimum Gasteiger partial charge on any atom is -0.492 e. The lowest BCUT2D eigenvalue weighted by molar-refractivity contribution is -0.132. The summed E-state index contributed by atoms with van der Waals surface area (Å²) in [5.74, 6) is 1.52. The highest BCUT2D eigenvalue weighted by molar-refractivity contribution is 5.86. The van der Waals surface area contributed by atoms with Gasteiger partial charge in [-0.3, -0.25) is 9.69 Å². The maximum atomic E-state index is 13.1. The van der Waals surface area contributed by atoms with Gasteiger partial charge in [0.15, 0.2) is 0 Å². The minimum absolute atomic E-state index is 0.137. The van der Waals surface area contributed by atoms with Crippen LogP contribution in [0.1, 0.15) is 24.8 Å². The van der Waals surface area contributed by atoms with Crippen LogP contribution in [-0.2, 0) is 9.53 Å². The summed E-state index contributed by atoms with van der Waals surface area (Å²) < 4.78 is 11.2. The molecule has 1 aromatic carbocycles. The van der Waals surface area contributed by atoms with Crippen LogP contribution in [0.5, 0.6) is 5.75 Å². The fraction of sp³-hybridized carbons (Fsp3) is 0.632. The van der Waals surface area contributed by atoms with Crippen LogP contribution in [0.3, 0.4) is 0 Å². The lowest BCUT2D eigenvalue weighted by Gasteiger charge is -2.34. The van der Waals surface area contributed by atoms with Crippen molar-refractivity contribution in [2.45, 2.75) is 25.3 Å². The van der Waals surface area contributed by atoms with E-state index in [-0.39, 0.29) is 11.8 Å². The number of amides is 1. The first-order chi connectivity index (χ1) is 11.8. The van der Waals surface area contributed by atoms with E-state index in [0.29, 0.717) is 18.6 Å². The number of rotatable bonds is 3. The van der Waals surface area contributed by atoms with Crippen molar-refractivity contribution in [1.29, 1.82) is 0 Å². The van der Waals surface area contributed by atoms with Crippen molar-refractivity contribution in [1.82, 2.24) is 9.80 Å². The average Bonchev–Trinajstić information content (AvgIpc) is 3.26. The van der Waals surface area contributed by atoms with Crippen LogP contribution in [0.4, 0.5) is 0 Å². The molecule has 5 heteroatoms. The van der Waals surface area contributed by atoms with E-state index in [1.54, 1.807) is 0 Å². The Balaban J connectivity index is 1.48. The van der Waals surface area contributed by atoms with Crippen LogP contribution < -0.4 is 4.74 Å². The standard InChI is InChI=1S/C19H26N2O3/c1-2-14-11-21(12-17(14)20-7-9-23-10-8-20)19(22)16-13-24-18-6-4-3-5-15(16)18/h3-6,14,16-17H,2,7-13H2,1H3/t14-,16-,17-/m1/s1. The van der Waals surface area contributed by atoms with Crippen molar-refractivity contribution >= 4 is 5.91 Å². The Morgan fingerprint density at radius 2 is 2.00 bits per heavy atom. The number of carbonyl (C=O) groups is 1. The summed E-state index contributed by atoms with van der Waals surface area (Å²) >= 11 is 0. The number of para-hydroxylation sites is 1. The van der Waals surface area contributed by atoms with Crippen LogP contribution >= 0.6 is 0 Å². The quantitative estimate of drug-likeness (QED) is 0.846. The van der Waals surface area contributed by atoms with Crippen molar-refractivity contribution < 1.29 is 14.3 Å². The molecule has 2 saturated heterocycles. The first-order valence-corrected chi connectivity index (χ1v) is 9.10. The number of nitrogens with zero attached hydrogens (tertiary/aromatic N) is 2. The largest absolute Gasteiger partial charge is 0.492 e. The van der Waals surface area contributed by atoms with Crippen LogP contribution in [-0.4, -0.2) is 67.7 Å². The van der Waals surface area contributed by atoms with E-state index >= 15 is 0 Å². The molecule has 0 unspecified atom stereocenters. The minimum atomic E-state index is -0.137. The number of likely N-dealkylation sites (tertiary alicyclic amines) is 1. The highest BCUT2D eigenvalue weighted by Crippen LogP contribution is 2.36. The molecule has 130 valence electrons. The predicted octanol–water partition coefficient (Wildman–Crippen LogP) is 1.73. The summed E-state index contributed by atoms with van der Waals surface area (Å²) in [5, 5.41) is 0. The third-order valence-electron chi connectivity index (χ3n) is 5.76. The van der Waals surface area contributed by atoms with Crippen molar-refractivity contribution in [2.75, 3.05) is 46.0 Å². The fourth-order valence-corrected chi connectivity index (χ4v) is 4.35. The van der Waals surface area contributed by atoms with Gasteiger partial charge in [0.2, 0.25) is 5.91 Å². The van der Waals surface area contributed by atoms with Gasteiger partial charge in [-0.15, -0.1) is 0 Å². The molecule has 5 nitrogen and oxygen atoms in total. The number of ether oxygens (including phenoxy) is 2. The molecule has 0 radical (unpaired) electrons. The summed E-state index contributed by atoms with van der Waals surface area (Å²) in [6.07, 6.45) is 1.11. The molecule has 3 aliphatic heterocycles. The van der Waals surface area contributed by atoms with E-state index < -0.39 is 0 Å². The van der Waals surface area contributed by atoms with Crippen molar-refractivity contribution in [3.8, 4) is 5.75 Å². The summed E-state index contributed by atoms with van der Waals surface area (Å²) in [4.78, 5) is 17.7. The number of fused-ring (bicyclic) bond motifs is 1. The Morgan fingerprint density at radius 3 is 2.79 bits per heavy atom. The normalized spacial score (nSPS) is 30.2. The molecule has 1 amide bonds. The van der Waals surface area contributed by atoms with Crippen LogP contribution in [0, 0.1) is 5.92 Å². The highest BCUT2D eigenvalue weighted by Gasteiger charge is 2.41. The SMILES string of the molecule is CC[C@@H]1CN(C(=O)[C@@H]2COc3ccccc32)C[C@H]1N1CCOCC1. The van der Waals surface area contributed by atoms with Crippen LogP contribution in [0.15, 0.2) is 24.3 Å². The molecule has 0 N–H and O–H groups in total. The summed E-state index contributed by atoms with van der Waals surface area (Å²) in [7, 11) is 0. The van der Waals surface area contributed by atoms with Gasteiger partial charge in [0.05, 0.1) is 13.2 Å². The van der Waals surface area contributed by atoms with Crippen LogP contribution in [0.2, 0.25) is 0 Å². The molecular weight excluding hydrogens is 304 g/mol. The highest BCUT2D eigenvalue weighted by atomic mass is 16.5. The molecule has 0 aliphatic carbocycles. The zero-order valence-electron chi connectivity index (χ0n) is 14.3. The Morgan fingerprint density at radius 1 is 1.21 bits per heavy atom. The Hall–Kier alpha value is -1.59. The second-order valence-electron chi connectivity index (χ2n) is 7.03. The van der Waals surface area contributed by atoms with E-state index in [1.807, 2.05) is 24.3 Å². The van der Waals surface area contributed by atoms with Crippen molar-refractivity contribution in [2.24, 2.45) is 5.92 Å². The van der Waals surface area contributed by atoms with Gasteiger partial charge in [0, 0.05) is 37.8 Å². The molecule has 2 fully saturated rings. The molecule has 3 aliphatic rings. The Kier molecular flexibility index (Phi) is 4.46. The molecule has 0 bridgehead atoms. The lowest BCUT2D eigenvalue weighted by atomic mass is 9.99. The molecular formula is C19H26N2O3. The number of morpholine rings is 1. The van der Waals surface area contributed by atoms with E-state index in [1.165, 1.54) is 0 Å². The number of hydrogen-bond acceptors (Lipinski definition) is 4. The zero-order chi connectivity index (χ0) is 16.5. The maximum absolute atomic E-state index is 13.1. The second kappa shape index (κ2) is 6.73. The van der Waals surface area contributed by atoms with Crippen molar-refractivity contribution in [3.63, 3.8) is 0 Å². The average molecular weight is 330 g/mol. The topological polar surface area (TPSA) is 42.0 Å². The zero-order valence-corrected chi connectivity index (χ0v) is 14.3. The van der Waals surface area contributed by atoms with Gasteiger partial charge in [-0.05, 0) is 12.0 Å². The molecule has 0 aromatic heterocycles. The van der Waals surface area contributed by atoms with E-state index in [4.69, 9.17) is 9.47 Å². The third-order valence-corrected chi connectivity index (χ3v) is 5.76.